The summed E-state index contributed by atoms with van der Waals surface area (Å²) in [6, 6.07) is 19.5. The number of nitrogens with one attached hydrogen (secondary N) is 1. The summed E-state index contributed by atoms with van der Waals surface area (Å²) >= 11 is 0. The topological polar surface area (TPSA) is 38.0 Å². The molecule has 0 aromatic heterocycles. The van der Waals surface area contributed by atoms with Gasteiger partial charge in [-0.25, -0.2) is 0 Å². The van der Waals surface area contributed by atoms with Gasteiger partial charge < -0.3 is 11.1 Å². The first-order valence-corrected chi connectivity index (χ1v) is 7.44. The zero-order valence-corrected chi connectivity index (χ0v) is 11.8. The monoisotopic (exact) mass is 266 g/mol. The third-order valence-corrected chi connectivity index (χ3v) is 4.02. The average molecular weight is 266 g/mol. The fraction of sp³-hybridized carbons (Fsp3) is 0.333. The van der Waals surface area contributed by atoms with E-state index < -0.39 is 0 Å². The van der Waals surface area contributed by atoms with Gasteiger partial charge in [0.2, 0.25) is 0 Å². The van der Waals surface area contributed by atoms with E-state index in [1.165, 1.54) is 29.5 Å². The minimum Gasteiger partial charge on any atom is -0.329 e. The van der Waals surface area contributed by atoms with Gasteiger partial charge in [-0.1, -0.05) is 54.6 Å². The standard InChI is InChI=1S/C18H22N2/c19-12-18(20-13-14-6-2-1-3-7-14)17-9-5-4-8-16(17)15-10-11-15/h1-9,15,18,20H,10-13,19H2. The highest BCUT2D eigenvalue weighted by Gasteiger charge is 2.27. The Labute approximate surface area is 121 Å². The molecule has 104 valence electrons. The van der Waals surface area contributed by atoms with Gasteiger partial charge >= 0.3 is 0 Å². The molecule has 20 heavy (non-hydrogen) atoms. The molecule has 2 heteroatoms. The second-order valence-electron chi connectivity index (χ2n) is 5.56. The maximum Gasteiger partial charge on any atom is 0.0449 e. The van der Waals surface area contributed by atoms with Crippen LogP contribution in [0.5, 0.6) is 0 Å². The van der Waals surface area contributed by atoms with E-state index in [1.54, 1.807) is 0 Å². The minimum absolute atomic E-state index is 0.243. The Kier molecular flexibility index (Phi) is 4.14. The Hall–Kier alpha value is -1.64. The zero-order valence-electron chi connectivity index (χ0n) is 11.8. The van der Waals surface area contributed by atoms with Crippen molar-refractivity contribution in [3.05, 3.63) is 71.3 Å². The molecule has 0 heterocycles. The molecular weight excluding hydrogens is 244 g/mol. The molecule has 1 atom stereocenters. The summed E-state index contributed by atoms with van der Waals surface area (Å²) in [7, 11) is 0. The van der Waals surface area contributed by atoms with E-state index in [9.17, 15) is 0 Å². The summed E-state index contributed by atoms with van der Waals surface area (Å²) in [6.45, 7) is 1.50. The zero-order chi connectivity index (χ0) is 13.8. The van der Waals surface area contributed by atoms with E-state index in [-0.39, 0.29) is 6.04 Å². The lowest BCUT2D eigenvalue weighted by Gasteiger charge is -2.20. The van der Waals surface area contributed by atoms with Gasteiger partial charge in [0, 0.05) is 19.1 Å². The molecule has 1 unspecified atom stereocenters. The van der Waals surface area contributed by atoms with E-state index in [0.29, 0.717) is 6.54 Å². The molecule has 1 aliphatic carbocycles. The Balaban J connectivity index is 1.73. The van der Waals surface area contributed by atoms with Crippen molar-refractivity contribution in [1.82, 2.24) is 5.32 Å². The van der Waals surface area contributed by atoms with E-state index in [4.69, 9.17) is 5.73 Å². The molecular formula is C18H22N2. The van der Waals surface area contributed by atoms with Gasteiger partial charge in [0.1, 0.15) is 0 Å². The fourth-order valence-electron chi connectivity index (χ4n) is 2.75. The fourth-order valence-corrected chi connectivity index (χ4v) is 2.75. The van der Waals surface area contributed by atoms with Crippen LogP contribution in [0, 0.1) is 0 Å². The van der Waals surface area contributed by atoms with E-state index in [0.717, 1.165) is 12.5 Å². The first kappa shape index (κ1) is 13.3. The van der Waals surface area contributed by atoms with Crippen LogP contribution >= 0.6 is 0 Å². The maximum atomic E-state index is 6.00. The summed E-state index contributed by atoms with van der Waals surface area (Å²) in [4.78, 5) is 0. The predicted octanol–water partition coefficient (Wildman–Crippen LogP) is 3.35. The Bertz CT molecular complexity index is 546. The van der Waals surface area contributed by atoms with Crippen molar-refractivity contribution < 1.29 is 0 Å². The van der Waals surface area contributed by atoms with Crippen LogP contribution in [0.2, 0.25) is 0 Å². The van der Waals surface area contributed by atoms with Crippen LogP contribution in [0.1, 0.15) is 41.5 Å². The van der Waals surface area contributed by atoms with Gasteiger partial charge in [0.25, 0.3) is 0 Å². The summed E-state index contributed by atoms with van der Waals surface area (Å²) in [5.74, 6) is 0.763. The van der Waals surface area contributed by atoms with Crippen molar-refractivity contribution in [2.75, 3.05) is 6.54 Å². The van der Waals surface area contributed by atoms with Gasteiger partial charge in [-0.15, -0.1) is 0 Å². The molecule has 0 saturated heterocycles. The molecule has 3 N–H and O–H groups in total. The van der Waals surface area contributed by atoms with Crippen LogP contribution in [0.25, 0.3) is 0 Å². The molecule has 1 aliphatic rings. The third kappa shape index (κ3) is 3.09. The Morgan fingerprint density at radius 3 is 2.40 bits per heavy atom. The quantitative estimate of drug-likeness (QED) is 0.841. The molecule has 0 radical (unpaired) electrons. The molecule has 0 bridgehead atoms. The van der Waals surface area contributed by atoms with Gasteiger partial charge in [0.15, 0.2) is 0 Å². The highest BCUT2D eigenvalue weighted by Crippen LogP contribution is 2.42. The molecule has 1 fully saturated rings. The van der Waals surface area contributed by atoms with Crippen molar-refractivity contribution >= 4 is 0 Å². The van der Waals surface area contributed by atoms with Crippen LogP contribution < -0.4 is 11.1 Å². The first-order chi connectivity index (χ1) is 9.88. The van der Waals surface area contributed by atoms with E-state index in [1.807, 2.05) is 6.07 Å². The summed E-state index contributed by atoms with van der Waals surface area (Å²) < 4.78 is 0. The lowest BCUT2D eigenvalue weighted by molar-refractivity contribution is 0.538. The van der Waals surface area contributed by atoms with Crippen LogP contribution in [0.4, 0.5) is 0 Å². The van der Waals surface area contributed by atoms with Crippen molar-refractivity contribution in [2.24, 2.45) is 5.73 Å². The van der Waals surface area contributed by atoms with Crippen molar-refractivity contribution in [2.45, 2.75) is 31.3 Å². The van der Waals surface area contributed by atoms with Crippen LogP contribution in [-0.4, -0.2) is 6.54 Å². The first-order valence-electron chi connectivity index (χ1n) is 7.44. The van der Waals surface area contributed by atoms with Gasteiger partial charge in [0.05, 0.1) is 0 Å². The minimum atomic E-state index is 0.243. The van der Waals surface area contributed by atoms with Crippen molar-refractivity contribution in [3.63, 3.8) is 0 Å². The smallest absolute Gasteiger partial charge is 0.0449 e. The Morgan fingerprint density at radius 1 is 1.00 bits per heavy atom. The number of hydrogen-bond donors (Lipinski definition) is 2. The molecule has 3 rings (SSSR count). The van der Waals surface area contributed by atoms with Crippen molar-refractivity contribution in [1.29, 1.82) is 0 Å². The molecule has 0 aliphatic heterocycles. The predicted molar refractivity (Wildman–Crippen MR) is 83.5 cm³/mol. The second-order valence-corrected chi connectivity index (χ2v) is 5.56. The molecule has 0 amide bonds. The SMILES string of the molecule is NCC(NCc1ccccc1)c1ccccc1C1CC1. The molecule has 0 spiro atoms. The third-order valence-electron chi connectivity index (χ3n) is 4.02. The summed E-state index contributed by atoms with van der Waals surface area (Å²) in [6.07, 6.45) is 2.65. The lowest BCUT2D eigenvalue weighted by atomic mass is 9.97. The summed E-state index contributed by atoms with van der Waals surface area (Å²) in [5.41, 5.74) is 10.2. The van der Waals surface area contributed by atoms with Gasteiger partial charge in [-0.05, 0) is 35.4 Å². The van der Waals surface area contributed by atoms with Crippen molar-refractivity contribution in [3.8, 4) is 0 Å². The van der Waals surface area contributed by atoms with Crippen LogP contribution in [0.3, 0.4) is 0 Å². The number of hydrogen-bond acceptors (Lipinski definition) is 2. The number of nitrogens with two attached hydrogens (primary N) is 1. The van der Waals surface area contributed by atoms with Crippen LogP contribution in [-0.2, 0) is 6.54 Å². The highest BCUT2D eigenvalue weighted by atomic mass is 14.9. The molecule has 2 aromatic rings. The van der Waals surface area contributed by atoms with E-state index >= 15 is 0 Å². The largest absolute Gasteiger partial charge is 0.329 e. The highest BCUT2D eigenvalue weighted by molar-refractivity contribution is 5.36. The molecule has 2 aromatic carbocycles. The Morgan fingerprint density at radius 2 is 1.70 bits per heavy atom. The molecule has 1 saturated carbocycles. The van der Waals surface area contributed by atoms with Gasteiger partial charge in [-0.2, -0.15) is 0 Å². The van der Waals surface area contributed by atoms with E-state index in [2.05, 4.69) is 53.8 Å². The second kappa shape index (κ2) is 6.21. The number of benzene rings is 2. The average Bonchev–Trinajstić information content (AvgIpc) is 3.34. The maximum absolute atomic E-state index is 6.00. The summed E-state index contributed by atoms with van der Waals surface area (Å²) in [5, 5.41) is 3.60. The molecule has 2 nitrogen and oxygen atoms in total. The van der Waals surface area contributed by atoms with Crippen LogP contribution in [0.15, 0.2) is 54.6 Å². The van der Waals surface area contributed by atoms with Gasteiger partial charge in [-0.3, -0.25) is 0 Å². The normalized spacial score (nSPS) is 16.1. The number of rotatable bonds is 6. The lowest BCUT2D eigenvalue weighted by Crippen LogP contribution is -2.28.